The number of benzene rings is 1. The summed E-state index contributed by atoms with van der Waals surface area (Å²) in [6, 6.07) is 7.68. The molecule has 110 valence electrons. The Morgan fingerprint density at radius 2 is 2.00 bits per heavy atom. The van der Waals surface area contributed by atoms with Crippen molar-refractivity contribution in [3.63, 3.8) is 0 Å². The number of anilines is 2. The van der Waals surface area contributed by atoms with Crippen molar-refractivity contribution in [2.75, 3.05) is 17.2 Å². The summed E-state index contributed by atoms with van der Waals surface area (Å²) in [6.45, 7) is 2.99. The van der Waals surface area contributed by atoms with Gasteiger partial charge in [0.2, 0.25) is 11.8 Å². The molecule has 0 unspecified atom stereocenters. The second-order valence-electron chi connectivity index (χ2n) is 4.19. The topological polar surface area (TPSA) is 93.0 Å². The molecule has 0 bridgehead atoms. The van der Waals surface area contributed by atoms with Crippen LogP contribution in [0, 0.1) is 10.1 Å². The van der Waals surface area contributed by atoms with Crippen LogP contribution < -0.4 is 10.6 Å². The Hall–Kier alpha value is -2.22. The summed E-state index contributed by atoms with van der Waals surface area (Å²) >= 11 is 3.36. The Kier molecular flexibility index (Phi) is 5.04. The van der Waals surface area contributed by atoms with Gasteiger partial charge >= 0.3 is 5.69 Å². The predicted molar refractivity (Wildman–Crippen MR) is 84.3 cm³/mol. The summed E-state index contributed by atoms with van der Waals surface area (Å²) < 4.78 is 0.980. The average Bonchev–Trinajstić information content (AvgIpc) is 2.47. The molecule has 1 aromatic carbocycles. The van der Waals surface area contributed by atoms with Crippen LogP contribution in [0.1, 0.15) is 12.5 Å². The van der Waals surface area contributed by atoms with Crippen LogP contribution in [-0.2, 0) is 6.54 Å². The molecule has 0 saturated heterocycles. The van der Waals surface area contributed by atoms with Gasteiger partial charge in [-0.25, -0.2) is 4.98 Å². The number of nitro groups is 1. The van der Waals surface area contributed by atoms with E-state index in [2.05, 4.69) is 36.5 Å². The number of aromatic nitrogens is 2. The molecule has 7 nitrogen and oxygen atoms in total. The zero-order valence-electron chi connectivity index (χ0n) is 11.3. The third-order valence-electron chi connectivity index (χ3n) is 2.67. The zero-order valence-corrected chi connectivity index (χ0v) is 12.9. The van der Waals surface area contributed by atoms with Crippen molar-refractivity contribution in [2.45, 2.75) is 13.5 Å². The first-order valence-electron chi connectivity index (χ1n) is 6.33. The van der Waals surface area contributed by atoms with Gasteiger partial charge in [0.05, 0.1) is 4.92 Å². The van der Waals surface area contributed by atoms with E-state index in [0.717, 1.165) is 10.0 Å². The lowest BCUT2D eigenvalue weighted by molar-refractivity contribution is -0.384. The molecule has 0 atom stereocenters. The molecule has 0 radical (unpaired) electrons. The van der Waals surface area contributed by atoms with Crippen LogP contribution in [0.3, 0.4) is 0 Å². The Balaban J connectivity index is 2.18. The Morgan fingerprint density at radius 1 is 1.29 bits per heavy atom. The molecule has 0 aliphatic rings. The standard InChI is InChI=1S/C13H14BrN5O2/c1-2-15-13-17-8-11(19(20)21)12(18-13)16-7-9-3-5-10(14)6-4-9/h3-6,8H,2,7H2,1H3,(H2,15,16,17,18). The smallest absolute Gasteiger partial charge is 0.329 e. The third-order valence-corrected chi connectivity index (χ3v) is 3.20. The maximum absolute atomic E-state index is 11.0. The molecule has 1 aromatic heterocycles. The second-order valence-corrected chi connectivity index (χ2v) is 5.11. The van der Waals surface area contributed by atoms with Crippen molar-refractivity contribution in [3.05, 3.63) is 50.6 Å². The molecule has 2 aromatic rings. The van der Waals surface area contributed by atoms with E-state index in [9.17, 15) is 10.1 Å². The maximum atomic E-state index is 11.0. The summed E-state index contributed by atoms with van der Waals surface area (Å²) in [7, 11) is 0. The summed E-state index contributed by atoms with van der Waals surface area (Å²) in [5.41, 5.74) is 0.852. The van der Waals surface area contributed by atoms with Crippen molar-refractivity contribution >= 4 is 33.4 Å². The zero-order chi connectivity index (χ0) is 15.2. The van der Waals surface area contributed by atoms with Crippen molar-refractivity contribution < 1.29 is 4.92 Å². The van der Waals surface area contributed by atoms with Gasteiger partial charge in [-0.2, -0.15) is 4.98 Å². The van der Waals surface area contributed by atoms with Gasteiger partial charge in [0.25, 0.3) is 0 Å². The quantitative estimate of drug-likeness (QED) is 0.613. The lowest BCUT2D eigenvalue weighted by Gasteiger charge is -2.08. The first-order valence-corrected chi connectivity index (χ1v) is 7.13. The number of hydrogen-bond donors (Lipinski definition) is 2. The fourth-order valence-corrected chi connectivity index (χ4v) is 1.93. The van der Waals surface area contributed by atoms with Crippen molar-refractivity contribution in [1.29, 1.82) is 0 Å². The fourth-order valence-electron chi connectivity index (χ4n) is 1.67. The molecule has 0 saturated carbocycles. The molecule has 1 heterocycles. The van der Waals surface area contributed by atoms with Crippen molar-refractivity contribution in [2.24, 2.45) is 0 Å². The lowest BCUT2D eigenvalue weighted by Crippen LogP contribution is -2.09. The van der Waals surface area contributed by atoms with E-state index in [1.807, 2.05) is 31.2 Å². The summed E-state index contributed by atoms with van der Waals surface area (Å²) in [5.74, 6) is 0.565. The van der Waals surface area contributed by atoms with E-state index in [1.54, 1.807) is 0 Å². The molecular weight excluding hydrogens is 338 g/mol. The molecule has 0 fully saturated rings. The lowest BCUT2D eigenvalue weighted by atomic mass is 10.2. The highest BCUT2D eigenvalue weighted by Crippen LogP contribution is 2.22. The Labute approximate surface area is 130 Å². The summed E-state index contributed by atoms with van der Waals surface area (Å²) in [5, 5.41) is 16.9. The van der Waals surface area contributed by atoms with Crippen LogP contribution in [0.25, 0.3) is 0 Å². The first kappa shape index (κ1) is 15.2. The predicted octanol–water partition coefficient (Wildman–Crippen LogP) is 3.19. The van der Waals surface area contributed by atoms with Crippen LogP contribution in [-0.4, -0.2) is 21.4 Å². The van der Waals surface area contributed by atoms with Crippen LogP contribution in [0.4, 0.5) is 17.5 Å². The number of nitrogens with zero attached hydrogens (tertiary/aromatic N) is 3. The van der Waals surface area contributed by atoms with Crippen LogP contribution in [0.5, 0.6) is 0 Å². The number of rotatable bonds is 6. The van der Waals surface area contributed by atoms with E-state index in [1.165, 1.54) is 6.20 Å². The molecule has 0 aliphatic heterocycles. The van der Waals surface area contributed by atoms with Gasteiger partial charge in [0.1, 0.15) is 6.20 Å². The monoisotopic (exact) mass is 351 g/mol. The minimum atomic E-state index is -0.500. The minimum absolute atomic E-state index is 0.145. The normalized spacial score (nSPS) is 10.2. The highest BCUT2D eigenvalue weighted by molar-refractivity contribution is 9.10. The minimum Gasteiger partial charge on any atom is -0.360 e. The van der Waals surface area contributed by atoms with Crippen LogP contribution in [0.15, 0.2) is 34.9 Å². The van der Waals surface area contributed by atoms with Gasteiger partial charge < -0.3 is 10.6 Å². The molecule has 2 N–H and O–H groups in total. The molecule has 21 heavy (non-hydrogen) atoms. The SMILES string of the molecule is CCNc1ncc([N+](=O)[O-])c(NCc2ccc(Br)cc2)n1. The van der Waals surface area contributed by atoms with Crippen LogP contribution >= 0.6 is 15.9 Å². The number of nitrogens with one attached hydrogen (secondary N) is 2. The number of halogens is 1. The Bertz CT molecular complexity index is 633. The van der Waals surface area contributed by atoms with Gasteiger partial charge in [-0.15, -0.1) is 0 Å². The van der Waals surface area contributed by atoms with E-state index in [-0.39, 0.29) is 11.5 Å². The van der Waals surface area contributed by atoms with Gasteiger partial charge in [-0.05, 0) is 24.6 Å². The largest absolute Gasteiger partial charge is 0.360 e. The van der Waals surface area contributed by atoms with Crippen LogP contribution in [0.2, 0.25) is 0 Å². The first-order chi connectivity index (χ1) is 10.1. The molecule has 0 spiro atoms. The maximum Gasteiger partial charge on any atom is 0.329 e. The van der Waals surface area contributed by atoms with Crippen molar-refractivity contribution in [1.82, 2.24) is 9.97 Å². The third kappa shape index (κ3) is 4.12. The molecule has 0 amide bonds. The van der Waals surface area contributed by atoms with E-state index in [0.29, 0.717) is 19.0 Å². The average molecular weight is 352 g/mol. The van der Waals surface area contributed by atoms with E-state index < -0.39 is 4.92 Å². The summed E-state index contributed by atoms with van der Waals surface area (Å²) in [4.78, 5) is 18.5. The highest BCUT2D eigenvalue weighted by Gasteiger charge is 2.16. The van der Waals surface area contributed by atoms with E-state index in [4.69, 9.17) is 0 Å². The number of hydrogen-bond acceptors (Lipinski definition) is 6. The highest BCUT2D eigenvalue weighted by atomic mass is 79.9. The fraction of sp³-hybridized carbons (Fsp3) is 0.231. The van der Waals surface area contributed by atoms with Gasteiger partial charge in [-0.3, -0.25) is 10.1 Å². The van der Waals surface area contributed by atoms with Gasteiger partial charge in [0, 0.05) is 17.6 Å². The molecular formula is C13H14BrN5O2. The van der Waals surface area contributed by atoms with Gasteiger partial charge in [-0.1, -0.05) is 28.1 Å². The van der Waals surface area contributed by atoms with E-state index >= 15 is 0 Å². The molecule has 0 aliphatic carbocycles. The Morgan fingerprint density at radius 3 is 2.62 bits per heavy atom. The molecule has 8 heteroatoms. The molecule has 2 rings (SSSR count). The second kappa shape index (κ2) is 6.98. The summed E-state index contributed by atoms with van der Waals surface area (Å²) in [6.07, 6.45) is 1.20. The van der Waals surface area contributed by atoms with Gasteiger partial charge in [0.15, 0.2) is 0 Å². The van der Waals surface area contributed by atoms with Crippen molar-refractivity contribution in [3.8, 4) is 0 Å².